The van der Waals surface area contributed by atoms with Crippen LogP contribution in [0.3, 0.4) is 0 Å². The fraction of sp³-hybridized carbons (Fsp3) is 0.444. The molecular formula is C9H11ClN2O3. The van der Waals surface area contributed by atoms with Crippen molar-refractivity contribution in [1.29, 1.82) is 0 Å². The van der Waals surface area contributed by atoms with Gasteiger partial charge in [0, 0.05) is 0 Å². The van der Waals surface area contributed by atoms with E-state index in [4.69, 9.17) is 16.3 Å². The molecule has 1 rings (SSSR count). The van der Waals surface area contributed by atoms with Gasteiger partial charge in [-0.25, -0.2) is 0 Å². The van der Waals surface area contributed by atoms with E-state index in [-0.39, 0.29) is 23.1 Å². The number of nitrogens with one attached hydrogen (secondary N) is 1. The number of carbonyl (C=O) groups is 2. The summed E-state index contributed by atoms with van der Waals surface area (Å²) in [4.78, 5) is 21.7. The number of H-pyrrole nitrogens is 1. The Balaban J connectivity index is 2.68. The number of carbonyl (C=O) groups excluding carboxylic acids is 2. The van der Waals surface area contributed by atoms with Gasteiger partial charge in [-0.05, 0) is 13.3 Å². The molecular weight excluding hydrogens is 220 g/mol. The van der Waals surface area contributed by atoms with E-state index in [0.29, 0.717) is 12.1 Å². The molecule has 0 amide bonds. The number of halogens is 1. The molecule has 0 aliphatic carbocycles. The number of hydrogen-bond acceptors (Lipinski definition) is 4. The minimum atomic E-state index is -0.654. The lowest BCUT2D eigenvalue weighted by Gasteiger charge is -1.98. The molecule has 0 bridgehead atoms. The van der Waals surface area contributed by atoms with Gasteiger partial charge < -0.3 is 4.74 Å². The van der Waals surface area contributed by atoms with Crippen molar-refractivity contribution in [3.63, 3.8) is 0 Å². The summed E-state index contributed by atoms with van der Waals surface area (Å²) in [5, 5.41) is 6.65. The molecule has 0 saturated heterocycles. The molecule has 0 spiro atoms. The number of hydrogen-bond donors (Lipinski definition) is 1. The SMILES string of the molecule is CCc1[nH]nc(OC(=O)CC(C)=O)c1Cl. The van der Waals surface area contributed by atoms with Gasteiger partial charge in [0.05, 0.1) is 5.69 Å². The highest BCUT2D eigenvalue weighted by Gasteiger charge is 2.15. The second-order valence-corrected chi connectivity index (χ2v) is 3.41. The Labute approximate surface area is 91.8 Å². The maximum absolute atomic E-state index is 11.1. The molecule has 1 aromatic rings. The molecule has 1 aromatic heterocycles. The summed E-state index contributed by atoms with van der Waals surface area (Å²) in [6.07, 6.45) is 0.390. The second kappa shape index (κ2) is 4.93. The van der Waals surface area contributed by atoms with Crippen molar-refractivity contribution in [1.82, 2.24) is 10.2 Å². The summed E-state index contributed by atoms with van der Waals surface area (Å²) >= 11 is 5.85. The van der Waals surface area contributed by atoms with Crippen LogP contribution in [0, 0.1) is 0 Å². The van der Waals surface area contributed by atoms with Crippen LogP contribution in [0.5, 0.6) is 5.88 Å². The van der Waals surface area contributed by atoms with Crippen LogP contribution in [-0.4, -0.2) is 21.9 Å². The third-order valence-corrected chi connectivity index (χ3v) is 2.09. The second-order valence-electron chi connectivity index (χ2n) is 3.03. The molecule has 0 saturated carbocycles. The van der Waals surface area contributed by atoms with E-state index in [0.717, 1.165) is 0 Å². The monoisotopic (exact) mass is 230 g/mol. The van der Waals surface area contributed by atoms with Gasteiger partial charge >= 0.3 is 5.97 Å². The molecule has 0 unspecified atom stereocenters. The molecule has 0 fully saturated rings. The first-order valence-electron chi connectivity index (χ1n) is 4.47. The van der Waals surface area contributed by atoms with Crippen LogP contribution in [0.15, 0.2) is 0 Å². The van der Waals surface area contributed by atoms with Gasteiger partial charge in [0.2, 0.25) is 0 Å². The minimum Gasteiger partial charge on any atom is -0.404 e. The average molecular weight is 231 g/mol. The van der Waals surface area contributed by atoms with Gasteiger partial charge in [-0.2, -0.15) is 0 Å². The van der Waals surface area contributed by atoms with Crippen molar-refractivity contribution < 1.29 is 14.3 Å². The molecule has 0 atom stereocenters. The fourth-order valence-corrected chi connectivity index (χ4v) is 1.25. The summed E-state index contributed by atoms with van der Waals surface area (Å²) < 4.78 is 4.80. The van der Waals surface area contributed by atoms with Gasteiger partial charge in [0.15, 0.2) is 0 Å². The van der Waals surface area contributed by atoms with Crippen LogP contribution in [0.25, 0.3) is 0 Å². The van der Waals surface area contributed by atoms with E-state index in [1.54, 1.807) is 0 Å². The summed E-state index contributed by atoms with van der Waals surface area (Å²) in [7, 11) is 0. The normalized spacial score (nSPS) is 10.1. The molecule has 0 radical (unpaired) electrons. The van der Waals surface area contributed by atoms with Crippen LogP contribution in [0.2, 0.25) is 5.02 Å². The van der Waals surface area contributed by atoms with Gasteiger partial charge in [-0.15, -0.1) is 5.10 Å². The van der Waals surface area contributed by atoms with Crippen LogP contribution in [0.1, 0.15) is 26.0 Å². The van der Waals surface area contributed by atoms with Crippen LogP contribution < -0.4 is 4.74 Å². The third kappa shape index (κ3) is 3.06. The number of aryl methyl sites for hydroxylation is 1. The lowest BCUT2D eigenvalue weighted by molar-refractivity contribution is -0.137. The zero-order valence-electron chi connectivity index (χ0n) is 8.46. The van der Waals surface area contributed by atoms with E-state index in [1.165, 1.54) is 6.92 Å². The summed E-state index contributed by atoms with van der Waals surface area (Å²) in [6, 6.07) is 0. The smallest absolute Gasteiger partial charge is 0.320 e. The molecule has 0 aliphatic rings. The predicted octanol–water partition coefficient (Wildman–Crippen LogP) is 1.51. The summed E-state index contributed by atoms with van der Waals surface area (Å²) in [5.74, 6) is -0.888. The van der Waals surface area contributed by atoms with Crippen LogP contribution in [-0.2, 0) is 16.0 Å². The van der Waals surface area contributed by atoms with Gasteiger partial charge in [0.25, 0.3) is 5.88 Å². The van der Waals surface area contributed by atoms with Crippen molar-refractivity contribution in [3.05, 3.63) is 10.7 Å². The quantitative estimate of drug-likeness (QED) is 0.629. The number of ketones is 1. The van der Waals surface area contributed by atoms with Crippen LogP contribution in [0.4, 0.5) is 0 Å². The van der Waals surface area contributed by atoms with Gasteiger partial charge in [-0.1, -0.05) is 18.5 Å². The first kappa shape index (κ1) is 11.7. The van der Waals surface area contributed by atoms with E-state index < -0.39 is 5.97 Å². The van der Waals surface area contributed by atoms with Crippen molar-refractivity contribution in [3.8, 4) is 5.88 Å². The van der Waals surface area contributed by atoms with E-state index in [2.05, 4.69) is 10.2 Å². The summed E-state index contributed by atoms with van der Waals surface area (Å²) in [6.45, 7) is 3.20. The number of Topliss-reactive ketones (excluding diaryl/α,β-unsaturated/α-hetero) is 1. The lowest BCUT2D eigenvalue weighted by atomic mass is 10.3. The Morgan fingerprint density at radius 1 is 1.53 bits per heavy atom. The fourth-order valence-electron chi connectivity index (χ4n) is 0.995. The van der Waals surface area contributed by atoms with Crippen LogP contribution >= 0.6 is 11.6 Å². The standard InChI is InChI=1S/C9H11ClN2O3/c1-3-6-8(10)9(12-11-6)15-7(14)4-5(2)13/h3-4H2,1-2H3,(H,11,12). The molecule has 1 heterocycles. The highest BCUT2D eigenvalue weighted by Crippen LogP contribution is 2.25. The maximum atomic E-state index is 11.1. The Bertz CT molecular complexity index is 387. The Morgan fingerprint density at radius 3 is 2.67 bits per heavy atom. The van der Waals surface area contributed by atoms with E-state index in [1.807, 2.05) is 6.92 Å². The summed E-state index contributed by atoms with van der Waals surface area (Å²) in [5.41, 5.74) is 0.697. The van der Waals surface area contributed by atoms with Gasteiger partial charge in [-0.3, -0.25) is 14.7 Å². The third-order valence-electron chi connectivity index (χ3n) is 1.70. The molecule has 0 aliphatic heterocycles. The van der Waals surface area contributed by atoms with Crippen molar-refractivity contribution in [2.24, 2.45) is 0 Å². The number of nitrogens with zero attached hydrogens (tertiary/aromatic N) is 1. The van der Waals surface area contributed by atoms with Crippen molar-refractivity contribution in [2.75, 3.05) is 0 Å². The number of ether oxygens (including phenoxy) is 1. The maximum Gasteiger partial charge on any atom is 0.320 e. The molecule has 6 heteroatoms. The predicted molar refractivity (Wildman–Crippen MR) is 53.9 cm³/mol. The topological polar surface area (TPSA) is 72.0 Å². The Kier molecular flexibility index (Phi) is 3.85. The van der Waals surface area contributed by atoms with E-state index in [9.17, 15) is 9.59 Å². The number of esters is 1. The van der Waals surface area contributed by atoms with E-state index >= 15 is 0 Å². The highest BCUT2D eigenvalue weighted by molar-refractivity contribution is 6.32. The number of aromatic nitrogens is 2. The minimum absolute atomic E-state index is 0.0276. The van der Waals surface area contributed by atoms with Gasteiger partial charge in [0.1, 0.15) is 17.2 Å². The average Bonchev–Trinajstić information content (AvgIpc) is 2.46. The molecule has 82 valence electrons. The Morgan fingerprint density at radius 2 is 2.20 bits per heavy atom. The van der Waals surface area contributed by atoms with Crippen molar-refractivity contribution in [2.45, 2.75) is 26.7 Å². The molecule has 0 aromatic carbocycles. The molecule has 1 N–H and O–H groups in total. The largest absolute Gasteiger partial charge is 0.404 e. The van der Waals surface area contributed by atoms with Crippen molar-refractivity contribution >= 4 is 23.4 Å². The Hall–Kier alpha value is -1.36. The highest BCUT2D eigenvalue weighted by atomic mass is 35.5. The zero-order valence-corrected chi connectivity index (χ0v) is 9.22. The molecule has 15 heavy (non-hydrogen) atoms. The first-order valence-corrected chi connectivity index (χ1v) is 4.85. The number of rotatable bonds is 4. The molecule has 5 nitrogen and oxygen atoms in total. The lowest BCUT2D eigenvalue weighted by Crippen LogP contribution is -2.12. The number of aromatic amines is 1. The zero-order chi connectivity index (χ0) is 11.4. The first-order chi connectivity index (χ1) is 7.04.